The standard InChI is InChI=1S/C22H19F5O4/c1-2-11-8-9-12(10-14(28)30-13-6-4-3-5-7-13)15(11)22(29)31-21-19(26)17(24)16(23)18(25)20(21)27/h3-7,11-12,15H,2,8-10H2,1H3. The van der Waals surface area contributed by atoms with E-state index in [1.807, 2.05) is 0 Å². The molecule has 0 bridgehead atoms. The molecular formula is C22H19F5O4. The summed E-state index contributed by atoms with van der Waals surface area (Å²) in [6, 6.07) is 8.25. The smallest absolute Gasteiger partial charge is 0.315 e. The van der Waals surface area contributed by atoms with Gasteiger partial charge in [-0.2, -0.15) is 8.78 Å². The van der Waals surface area contributed by atoms with Gasteiger partial charge in [0.2, 0.25) is 34.8 Å². The van der Waals surface area contributed by atoms with Crippen LogP contribution in [0.1, 0.15) is 32.6 Å². The normalized spacial score (nSPS) is 20.5. The van der Waals surface area contributed by atoms with E-state index in [0.717, 1.165) is 0 Å². The Morgan fingerprint density at radius 1 is 0.839 bits per heavy atom. The second-order valence-electron chi connectivity index (χ2n) is 7.34. The Kier molecular flexibility index (Phi) is 6.92. The number of hydrogen-bond donors (Lipinski definition) is 0. The Hall–Kier alpha value is -2.97. The van der Waals surface area contributed by atoms with E-state index in [9.17, 15) is 31.5 Å². The Bertz CT molecular complexity index is 951. The van der Waals surface area contributed by atoms with Crippen molar-refractivity contribution in [1.82, 2.24) is 0 Å². The van der Waals surface area contributed by atoms with Gasteiger partial charge in [0.1, 0.15) is 5.75 Å². The fourth-order valence-corrected chi connectivity index (χ4v) is 3.96. The van der Waals surface area contributed by atoms with Crippen LogP contribution in [0.15, 0.2) is 30.3 Å². The Labute approximate surface area is 175 Å². The number of ether oxygens (including phenoxy) is 2. The molecule has 0 radical (unpaired) electrons. The van der Waals surface area contributed by atoms with Gasteiger partial charge in [0.05, 0.1) is 5.92 Å². The van der Waals surface area contributed by atoms with E-state index in [2.05, 4.69) is 4.74 Å². The second-order valence-corrected chi connectivity index (χ2v) is 7.34. The molecule has 9 heteroatoms. The average Bonchev–Trinajstić information content (AvgIpc) is 3.17. The van der Waals surface area contributed by atoms with Crippen molar-refractivity contribution in [3.8, 4) is 11.5 Å². The summed E-state index contributed by atoms with van der Waals surface area (Å²) in [5, 5.41) is 0. The van der Waals surface area contributed by atoms with Crippen LogP contribution >= 0.6 is 0 Å². The zero-order valence-corrected chi connectivity index (χ0v) is 16.5. The topological polar surface area (TPSA) is 52.6 Å². The third kappa shape index (κ3) is 4.70. The van der Waals surface area contributed by atoms with E-state index >= 15 is 0 Å². The lowest BCUT2D eigenvalue weighted by atomic mass is 9.86. The molecule has 3 atom stereocenters. The molecular weight excluding hydrogens is 423 g/mol. The molecule has 0 spiro atoms. The van der Waals surface area contributed by atoms with Crippen molar-refractivity contribution in [2.75, 3.05) is 0 Å². The molecule has 3 rings (SSSR count). The summed E-state index contributed by atoms with van der Waals surface area (Å²) in [4.78, 5) is 25.0. The van der Waals surface area contributed by atoms with Crippen molar-refractivity contribution < 1.29 is 41.0 Å². The van der Waals surface area contributed by atoms with Crippen molar-refractivity contribution in [3.63, 3.8) is 0 Å². The molecule has 1 saturated carbocycles. The van der Waals surface area contributed by atoms with Crippen LogP contribution in [-0.4, -0.2) is 11.9 Å². The maximum Gasteiger partial charge on any atom is 0.315 e. The fourth-order valence-electron chi connectivity index (χ4n) is 3.96. The van der Waals surface area contributed by atoms with Gasteiger partial charge in [-0.05, 0) is 36.8 Å². The molecule has 0 heterocycles. The van der Waals surface area contributed by atoms with Gasteiger partial charge in [0.15, 0.2) is 0 Å². The summed E-state index contributed by atoms with van der Waals surface area (Å²) in [6.07, 6.45) is 1.32. The second kappa shape index (κ2) is 9.45. The van der Waals surface area contributed by atoms with Crippen LogP contribution in [-0.2, 0) is 9.59 Å². The van der Waals surface area contributed by atoms with Crippen LogP contribution < -0.4 is 9.47 Å². The van der Waals surface area contributed by atoms with E-state index in [0.29, 0.717) is 25.0 Å². The van der Waals surface area contributed by atoms with E-state index in [1.165, 1.54) is 0 Å². The fraction of sp³-hybridized carbons (Fsp3) is 0.364. The number of esters is 2. The van der Waals surface area contributed by atoms with Gasteiger partial charge >= 0.3 is 11.9 Å². The molecule has 0 N–H and O–H groups in total. The molecule has 0 aliphatic heterocycles. The van der Waals surface area contributed by atoms with Crippen molar-refractivity contribution in [2.45, 2.75) is 32.6 Å². The molecule has 1 aliphatic rings. The van der Waals surface area contributed by atoms with Gasteiger partial charge in [-0.1, -0.05) is 31.5 Å². The highest BCUT2D eigenvalue weighted by molar-refractivity contribution is 5.78. The highest BCUT2D eigenvalue weighted by atomic mass is 19.2. The SMILES string of the molecule is CCC1CCC(CC(=O)Oc2ccccc2)C1C(=O)Oc1c(F)c(F)c(F)c(F)c1F. The minimum Gasteiger partial charge on any atom is -0.427 e. The quantitative estimate of drug-likeness (QED) is 0.199. The van der Waals surface area contributed by atoms with Gasteiger partial charge in [-0.15, -0.1) is 0 Å². The summed E-state index contributed by atoms with van der Waals surface area (Å²) in [7, 11) is 0. The van der Waals surface area contributed by atoms with Gasteiger partial charge in [0.25, 0.3) is 0 Å². The predicted octanol–water partition coefficient (Wildman–Crippen LogP) is 5.34. The first-order valence-corrected chi connectivity index (χ1v) is 9.73. The number of carbonyl (C=O) groups is 2. The lowest BCUT2D eigenvalue weighted by Gasteiger charge is -2.22. The van der Waals surface area contributed by atoms with E-state index < -0.39 is 58.6 Å². The molecule has 1 aliphatic carbocycles. The van der Waals surface area contributed by atoms with Crippen molar-refractivity contribution in [1.29, 1.82) is 0 Å². The molecule has 1 fully saturated rings. The summed E-state index contributed by atoms with van der Waals surface area (Å²) < 4.78 is 77.7. The van der Waals surface area contributed by atoms with Crippen LogP contribution in [0.2, 0.25) is 0 Å². The first kappa shape index (κ1) is 22.7. The summed E-state index contributed by atoms with van der Waals surface area (Å²) in [5.74, 6) is -16.1. The molecule has 166 valence electrons. The Morgan fingerprint density at radius 3 is 1.97 bits per heavy atom. The zero-order valence-electron chi connectivity index (χ0n) is 16.5. The predicted molar refractivity (Wildman–Crippen MR) is 98.6 cm³/mol. The van der Waals surface area contributed by atoms with Crippen molar-refractivity contribution in [2.24, 2.45) is 17.8 Å². The van der Waals surface area contributed by atoms with Gasteiger partial charge in [-0.3, -0.25) is 9.59 Å². The molecule has 4 nitrogen and oxygen atoms in total. The molecule has 2 aromatic carbocycles. The summed E-state index contributed by atoms with van der Waals surface area (Å²) in [5.41, 5.74) is 0. The highest BCUT2D eigenvalue weighted by Gasteiger charge is 2.43. The van der Waals surface area contributed by atoms with Crippen LogP contribution in [0.5, 0.6) is 11.5 Å². The number of benzene rings is 2. The van der Waals surface area contributed by atoms with Crippen LogP contribution in [0.3, 0.4) is 0 Å². The minimum atomic E-state index is -2.34. The average molecular weight is 442 g/mol. The van der Waals surface area contributed by atoms with Gasteiger partial charge < -0.3 is 9.47 Å². The Balaban J connectivity index is 1.78. The summed E-state index contributed by atoms with van der Waals surface area (Å²) >= 11 is 0. The van der Waals surface area contributed by atoms with Crippen molar-refractivity contribution in [3.05, 3.63) is 59.4 Å². The third-order valence-electron chi connectivity index (χ3n) is 5.50. The zero-order chi connectivity index (χ0) is 22.7. The lowest BCUT2D eigenvalue weighted by molar-refractivity contribution is -0.143. The summed E-state index contributed by atoms with van der Waals surface area (Å²) in [6.45, 7) is 1.79. The Morgan fingerprint density at radius 2 is 1.39 bits per heavy atom. The molecule has 2 aromatic rings. The molecule has 0 saturated heterocycles. The molecule has 0 aromatic heterocycles. The lowest BCUT2D eigenvalue weighted by Crippen LogP contribution is -2.31. The molecule has 3 unspecified atom stereocenters. The van der Waals surface area contributed by atoms with Gasteiger partial charge in [-0.25, -0.2) is 13.2 Å². The van der Waals surface area contributed by atoms with Crippen LogP contribution in [0.4, 0.5) is 22.0 Å². The number of halogens is 5. The number of hydrogen-bond acceptors (Lipinski definition) is 4. The number of carbonyl (C=O) groups excluding carboxylic acids is 2. The van der Waals surface area contributed by atoms with E-state index in [4.69, 9.17) is 4.74 Å². The van der Waals surface area contributed by atoms with E-state index in [1.54, 1.807) is 37.3 Å². The van der Waals surface area contributed by atoms with Gasteiger partial charge in [0, 0.05) is 6.42 Å². The highest BCUT2D eigenvalue weighted by Crippen LogP contribution is 2.42. The molecule has 0 amide bonds. The number of para-hydroxylation sites is 1. The van der Waals surface area contributed by atoms with Crippen LogP contribution in [0.25, 0.3) is 0 Å². The number of rotatable bonds is 6. The van der Waals surface area contributed by atoms with E-state index in [-0.39, 0.29) is 12.3 Å². The monoisotopic (exact) mass is 442 g/mol. The maximum atomic E-state index is 13.9. The largest absolute Gasteiger partial charge is 0.427 e. The van der Waals surface area contributed by atoms with Crippen LogP contribution in [0, 0.1) is 46.8 Å². The van der Waals surface area contributed by atoms with Crippen molar-refractivity contribution >= 4 is 11.9 Å². The molecule has 31 heavy (non-hydrogen) atoms. The minimum absolute atomic E-state index is 0.164. The maximum absolute atomic E-state index is 13.9. The first-order valence-electron chi connectivity index (χ1n) is 9.73. The third-order valence-corrected chi connectivity index (χ3v) is 5.50. The first-order chi connectivity index (χ1) is 14.7.